The molecule has 0 bridgehead atoms. The van der Waals surface area contributed by atoms with E-state index in [-0.39, 0.29) is 0 Å². The summed E-state index contributed by atoms with van der Waals surface area (Å²) in [5, 5.41) is 7.73. The van der Waals surface area contributed by atoms with Crippen molar-refractivity contribution in [2.24, 2.45) is 0 Å². The molecule has 0 aliphatic heterocycles. The topological polar surface area (TPSA) is 35.0 Å². The predicted octanol–water partition coefficient (Wildman–Crippen LogP) is 3.72. The Morgan fingerprint density at radius 3 is 2.40 bits per heavy atom. The van der Waals surface area contributed by atoms with Crippen molar-refractivity contribution in [3.05, 3.63) is 78.5 Å². The molecule has 3 rings (SSSR count). The molecule has 0 aliphatic carbocycles. The first kappa shape index (κ1) is 12.4. The first-order valence-electron chi connectivity index (χ1n) is 6.47. The molecular formula is C17H14N2O. The molecule has 3 heteroatoms. The Kier molecular flexibility index (Phi) is 3.69. The number of nitrogens with zero attached hydrogens (tertiary/aromatic N) is 2. The summed E-state index contributed by atoms with van der Waals surface area (Å²) >= 11 is 0. The number of ether oxygens (including phenoxy) is 1. The van der Waals surface area contributed by atoms with E-state index in [0.29, 0.717) is 12.5 Å². The summed E-state index contributed by atoms with van der Waals surface area (Å²) in [6.45, 7) is 0.476. The Bertz CT molecular complexity index is 669. The zero-order valence-electron chi connectivity index (χ0n) is 10.9. The average Bonchev–Trinajstić information content (AvgIpc) is 2.55. The maximum absolute atomic E-state index is 5.68. The zero-order chi connectivity index (χ0) is 13.6. The van der Waals surface area contributed by atoms with Crippen LogP contribution in [0, 0.1) is 0 Å². The summed E-state index contributed by atoms with van der Waals surface area (Å²) in [7, 11) is 0. The lowest BCUT2D eigenvalue weighted by Gasteiger charge is -2.10. The highest BCUT2D eigenvalue weighted by atomic mass is 16.5. The van der Waals surface area contributed by atoms with Crippen LogP contribution in [0.1, 0.15) is 5.56 Å². The van der Waals surface area contributed by atoms with Crippen molar-refractivity contribution in [2.45, 2.75) is 6.61 Å². The van der Waals surface area contributed by atoms with E-state index in [0.717, 1.165) is 5.56 Å². The number of hydrogen-bond donors (Lipinski definition) is 0. The lowest BCUT2D eigenvalue weighted by molar-refractivity contribution is 0.290. The van der Waals surface area contributed by atoms with Crippen molar-refractivity contribution >= 4 is 0 Å². The van der Waals surface area contributed by atoms with Gasteiger partial charge in [0.1, 0.15) is 6.61 Å². The van der Waals surface area contributed by atoms with Gasteiger partial charge in [-0.25, -0.2) is 0 Å². The van der Waals surface area contributed by atoms with Gasteiger partial charge in [0.25, 0.3) is 0 Å². The molecule has 3 nitrogen and oxygen atoms in total. The monoisotopic (exact) mass is 262 g/mol. The molecule has 2 aromatic carbocycles. The molecule has 0 atom stereocenters. The highest BCUT2D eigenvalue weighted by Crippen LogP contribution is 2.24. The van der Waals surface area contributed by atoms with Crippen LogP contribution in [0.4, 0.5) is 0 Å². The number of hydrogen-bond acceptors (Lipinski definition) is 3. The number of rotatable bonds is 4. The van der Waals surface area contributed by atoms with Gasteiger partial charge in [-0.05, 0) is 22.8 Å². The third-order valence-corrected chi connectivity index (χ3v) is 3.03. The lowest BCUT2D eigenvalue weighted by atomic mass is 10.0. The van der Waals surface area contributed by atoms with E-state index in [1.54, 1.807) is 12.3 Å². The smallest absolute Gasteiger partial charge is 0.233 e. The first-order chi connectivity index (χ1) is 9.93. The van der Waals surface area contributed by atoms with Crippen molar-refractivity contribution in [2.75, 3.05) is 0 Å². The number of benzene rings is 2. The average molecular weight is 262 g/mol. The molecule has 0 saturated heterocycles. The molecule has 0 fully saturated rings. The van der Waals surface area contributed by atoms with Gasteiger partial charge in [0.15, 0.2) is 0 Å². The summed E-state index contributed by atoms with van der Waals surface area (Å²) < 4.78 is 5.68. The van der Waals surface area contributed by atoms with E-state index in [1.807, 2.05) is 36.4 Å². The molecule has 0 saturated carbocycles. The Morgan fingerprint density at radius 1 is 0.800 bits per heavy atom. The Labute approximate surface area is 117 Å². The van der Waals surface area contributed by atoms with E-state index in [1.165, 1.54) is 11.1 Å². The minimum Gasteiger partial charge on any atom is -0.472 e. The van der Waals surface area contributed by atoms with Gasteiger partial charge in [-0.2, -0.15) is 5.10 Å². The molecule has 0 N–H and O–H groups in total. The highest BCUT2D eigenvalue weighted by Gasteiger charge is 2.05. The van der Waals surface area contributed by atoms with Gasteiger partial charge in [0.2, 0.25) is 5.88 Å². The fraction of sp³-hybridized carbons (Fsp3) is 0.0588. The molecule has 1 aromatic heterocycles. The van der Waals surface area contributed by atoms with Crippen LogP contribution < -0.4 is 4.74 Å². The second-order valence-electron chi connectivity index (χ2n) is 4.37. The number of aromatic nitrogens is 2. The second kappa shape index (κ2) is 5.97. The predicted molar refractivity (Wildman–Crippen MR) is 78.2 cm³/mol. The quantitative estimate of drug-likeness (QED) is 0.718. The van der Waals surface area contributed by atoms with E-state index in [2.05, 4.69) is 34.5 Å². The third kappa shape index (κ3) is 2.83. The van der Waals surface area contributed by atoms with Crippen LogP contribution in [0.15, 0.2) is 72.9 Å². The van der Waals surface area contributed by atoms with Crippen LogP contribution in [0.5, 0.6) is 5.88 Å². The maximum atomic E-state index is 5.68. The highest BCUT2D eigenvalue weighted by molar-refractivity contribution is 5.67. The Hall–Kier alpha value is -2.68. The summed E-state index contributed by atoms with van der Waals surface area (Å²) in [4.78, 5) is 0. The molecule has 0 aliphatic rings. The van der Waals surface area contributed by atoms with Gasteiger partial charge >= 0.3 is 0 Å². The molecule has 0 unspecified atom stereocenters. The van der Waals surface area contributed by atoms with Gasteiger partial charge in [-0.15, -0.1) is 5.10 Å². The maximum Gasteiger partial charge on any atom is 0.233 e. The van der Waals surface area contributed by atoms with Crippen molar-refractivity contribution < 1.29 is 4.74 Å². The van der Waals surface area contributed by atoms with Gasteiger partial charge in [-0.3, -0.25) is 0 Å². The molecule has 1 heterocycles. The van der Waals surface area contributed by atoms with E-state index in [9.17, 15) is 0 Å². The molecule has 3 aromatic rings. The third-order valence-electron chi connectivity index (χ3n) is 3.03. The van der Waals surface area contributed by atoms with Gasteiger partial charge in [-0.1, -0.05) is 54.6 Å². The largest absolute Gasteiger partial charge is 0.472 e. The summed E-state index contributed by atoms with van der Waals surface area (Å²) in [6, 6.07) is 22.1. The van der Waals surface area contributed by atoms with Crippen molar-refractivity contribution in [1.82, 2.24) is 10.2 Å². The minimum absolute atomic E-state index is 0.476. The molecule has 0 radical (unpaired) electrons. The van der Waals surface area contributed by atoms with Crippen molar-refractivity contribution in [3.63, 3.8) is 0 Å². The van der Waals surface area contributed by atoms with Crippen LogP contribution in [-0.4, -0.2) is 10.2 Å². The van der Waals surface area contributed by atoms with Crippen LogP contribution in [0.25, 0.3) is 11.1 Å². The molecular weight excluding hydrogens is 248 g/mol. The molecule has 0 amide bonds. The van der Waals surface area contributed by atoms with Crippen LogP contribution >= 0.6 is 0 Å². The first-order valence-corrected chi connectivity index (χ1v) is 6.47. The molecule has 98 valence electrons. The molecule has 20 heavy (non-hydrogen) atoms. The van der Waals surface area contributed by atoms with Crippen molar-refractivity contribution in [1.29, 1.82) is 0 Å². The van der Waals surface area contributed by atoms with Crippen LogP contribution in [0.3, 0.4) is 0 Å². The normalized spacial score (nSPS) is 10.2. The van der Waals surface area contributed by atoms with Gasteiger partial charge in [0.05, 0.1) is 0 Å². The summed E-state index contributed by atoms with van der Waals surface area (Å²) in [5.41, 5.74) is 3.49. The van der Waals surface area contributed by atoms with Crippen molar-refractivity contribution in [3.8, 4) is 17.0 Å². The Balaban J connectivity index is 1.84. The van der Waals surface area contributed by atoms with Gasteiger partial charge in [0, 0.05) is 12.3 Å². The minimum atomic E-state index is 0.476. The molecule has 0 spiro atoms. The fourth-order valence-corrected chi connectivity index (χ4v) is 2.06. The lowest BCUT2D eigenvalue weighted by Crippen LogP contribution is -1.99. The van der Waals surface area contributed by atoms with E-state index < -0.39 is 0 Å². The summed E-state index contributed by atoms with van der Waals surface area (Å²) in [5.74, 6) is 0.537. The summed E-state index contributed by atoms with van der Waals surface area (Å²) in [6.07, 6.45) is 1.63. The van der Waals surface area contributed by atoms with Gasteiger partial charge < -0.3 is 4.74 Å². The van der Waals surface area contributed by atoms with E-state index in [4.69, 9.17) is 4.74 Å². The Morgan fingerprint density at radius 2 is 1.60 bits per heavy atom. The SMILES string of the molecule is c1ccc(-c2ccccc2COc2cccnn2)cc1. The zero-order valence-corrected chi connectivity index (χ0v) is 10.9. The van der Waals surface area contributed by atoms with Crippen LogP contribution in [-0.2, 0) is 6.61 Å². The standard InChI is InChI=1S/C17H14N2O/c1-2-7-14(8-3-1)16-10-5-4-9-15(16)13-20-17-11-6-12-18-19-17/h1-12H,13H2. The van der Waals surface area contributed by atoms with Crippen LogP contribution in [0.2, 0.25) is 0 Å². The van der Waals surface area contributed by atoms with E-state index >= 15 is 0 Å². The fourth-order valence-electron chi connectivity index (χ4n) is 2.06. The second-order valence-corrected chi connectivity index (χ2v) is 4.37.